The van der Waals surface area contributed by atoms with E-state index in [0.717, 1.165) is 12.8 Å². The van der Waals surface area contributed by atoms with Crippen LogP contribution in [-0.2, 0) is 0 Å². The molecule has 0 atom stereocenters. The minimum absolute atomic E-state index is 0.178. The largest absolute Gasteiger partial charge is 0.493 e. The van der Waals surface area contributed by atoms with Crippen LogP contribution in [0.25, 0.3) is 11.1 Å². The SMILES string of the molecule is COc1ccc(Cl)c(-c2cnoc2N)c1OC1CCCC1. The van der Waals surface area contributed by atoms with Gasteiger partial charge in [0, 0.05) is 0 Å². The molecule has 0 unspecified atom stereocenters. The predicted molar refractivity (Wildman–Crippen MR) is 80.8 cm³/mol. The van der Waals surface area contributed by atoms with Crippen molar-refractivity contribution in [2.45, 2.75) is 31.8 Å². The van der Waals surface area contributed by atoms with E-state index in [9.17, 15) is 0 Å². The van der Waals surface area contributed by atoms with Gasteiger partial charge in [0.15, 0.2) is 11.5 Å². The van der Waals surface area contributed by atoms with E-state index in [1.807, 2.05) is 0 Å². The summed E-state index contributed by atoms with van der Waals surface area (Å²) in [6.45, 7) is 0. The van der Waals surface area contributed by atoms with Crippen molar-refractivity contribution in [1.29, 1.82) is 0 Å². The third kappa shape index (κ3) is 2.65. The van der Waals surface area contributed by atoms with Crippen molar-refractivity contribution in [3.05, 3.63) is 23.4 Å². The Hall–Kier alpha value is -1.88. The highest BCUT2D eigenvalue weighted by atomic mass is 35.5. The smallest absolute Gasteiger partial charge is 0.230 e. The number of aromatic nitrogens is 1. The minimum Gasteiger partial charge on any atom is -0.493 e. The Morgan fingerprint density at radius 3 is 2.71 bits per heavy atom. The molecule has 5 nitrogen and oxygen atoms in total. The van der Waals surface area contributed by atoms with Crippen molar-refractivity contribution in [1.82, 2.24) is 5.16 Å². The van der Waals surface area contributed by atoms with E-state index >= 15 is 0 Å². The number of anilines is 1. The standard InChI is InChI=1S/C15H17ClN2O3/c1-19-12-7-6-11(16)13(10-8-18-21-15(10)17)14(12)20-9-4-2-3-5-9/h6-9H,2-5,17H2,1H3. The number of nitrogens with two attached hydrogens (primary N) is 1. The third-order valence-corrected chi connectivity index (χ3v) is 4.06. The molecule has 3 rings (SSSR count). The maximum atomic E-state index is 6.35. The van der Waals surface area contributed by atoms with Crippen LogP contribution in [0.15, 0.2) is 22.9 Å². The molecule has 1 heterocycles. The summed E-state index contributed by atoms with van der Waals surface area (Å²) >= 11 is 6.35. The second-order valence-corrected chi connectivity index (χ2v) is 5.49. The molecule has 6 heteroatoms. The zero-order valence-corrected chi connectivity index (χ0v) is 12.5. The van der Waals surface area contributed by atoms with Crippen molar-refractivity contribution >= 4 is 17.5 Å². The molecule has 1 aromatic heterocycles. The van der Waals surface area contributed by atoms with Crippen molar-refractivity contribution < 1.29 is 14.0 Å². The van der Waals surface area contributed by atoms with Crippen LogP contribution < -0.4 is 15.2 Å². The molecule has 1 aromatic carbocycles. The average Bonchev–Trinajstić information content (AvgIpc) is 3.12. The van der Waals surface area contributed by atoms with Gasteiger partial charge in [0.25, 0.3) is 0 Å². The van der Waals surface area contributed by atoms with E-state index in [1.165, 1.54) is 19.0 Å². The Bertz CT molecular complexity index is 636. The molecule has 2 aromatic rings. The number of methoxy groups -OCH3 is 1. The van der Waals surface area contributed by atoms with E-state index < -0.39 is 0 Å². The lowest BCUT2D eigenvalue weighted by Crippen LogP contribution is -2.12. The van der Waals surface area contributed by atoms with Gasteiger partial charge in [-0.15, -0.1) is 0 Å². The van der Waals surface area contributed by atoms with Gasteiger partial charge in [0.1, 0.15) is 0 Å². The summed E-state index contributed by atoms with van der Waals surface area (Å²) in [6.07, 6.45) is 6.15. The van der Waals surface area contributed by atoms with E-state index in [4.69, 9.17) is 31.3 Å². The molecule has 0 bridgehead atoms. The van der Waals surface area contributed by atoms with Crippen LogP contribution in [0.5, 0.6) is 11.5 Å². The highest BCUT2D eigenvalue weighted by Gasteiger charge is 2.25. The average molecular weight is 309 g/mol. The molecular formula is C15H17ClN2O3. The van der Waals surface area contributed by atoms with Crippen LogP contribution in [0.3, 0.4) is 0 Å². The van der Waals surface area contributed by atoms with Crippen molar-refractivity contribution in [3.63, 3.8) is 0 Å². The highest BCUT2D eigenvalue weighted by molar-refractivity contribution is 6.34. The summed E-state index contributed by atoms with van der Waals surface area (Å²) in [6, 6.07) is 3.55. The molecule has 1 aliphatic carbocycles. The van der Waals surface area contributed by atoms with Gasteiger partial charge in [0.05, 0.1) is 35.6 Å². The molecule has 0 aliphatic heterocycles. The summed E-state index contributed by atoms with van der Waals surface area (Å²) < 4.78 is 16.5. The van der Waals surface area contributed by atoms with Crippen LogP contribution in [0.1, 0.15) is 25.7 Å². The lowest BCUT2D eigenvalue weighted by Gasteiger charge is -2.19. The zero-order valence-electron chi connectivity index (χ0n) is 11.8. The third-order valence-electron chi connectivity index (χ3n) is 3.75. The van der Waals surface area contributed by atoms with Crippen molar-refractivity contribution in [3.8, 4) is 22.6 Å². The summed E-state index contributed by atoms with van der Waals surface area (Å²) in [5.74, 6) is 1.44. The molecule has 2 N–H and O–H groups in total. The molecule has 112 valence electrons. The Morgan fingerprint density at radius 1 is 1.33 bits per heavy atom. The fourth-order valence-electron chi connectivity index (χ4n) is 2.68. The number of hydrogen-bond acceptors (Lipinski definition) is 5. The number of hydrogen-bond donors (Lipinski definition) is 1. The number of halogens is 1. The fourth-order valence-corrected chi connectivity index (χ4v) is 2.93. The molecule has 1 saturated carbocycles. The number of ether oxygens (including phenoxy) is 2. The molecule has 0 amide bonds. The number of nitrogen functional groups attached to an aromatic ring is 1. The maximum Gasteiger partial charge on any atom is 0.230 e. The lowest BCUT2D eigenvalue weighted by atomic mass is 10.1. The normalized spacial score (nSPS) is 15.3. The van der Waals surface area contributed by atoms with Gasteiger partial charge >= 0.3 is 0 Å². The van der Waals surface area contributed by atoms with Crippen molar-refractivity contribution in [2.24, 2.45) is 0 Å². The molecule has 1 fully saturated rings. The number of benzene rings is 1. The van der Waals surface area contributed by atoms with Crippen LogP contribution in [0.4, 0.5) is 5.88 Å². The van der Waals surface area contributed by atoms with Crippen LogP contribution in [0.2, 0.25) is 5.02 Å². The fraction of sp³-hybridized carbons (Fsp3) is 0.400. The van der Waals surface area contributed by atoms with Gasteiger partial charge < -0.3 is 19.7 Å². The van der Waals surface area contributed by atoms with Gasteiger partial charge in [-0.2, -0.15) is 0 Å². The molecule has 0 spiro atoms. The second kappa shape index (κ2) is 5.85. The van der Waals surface area contributed by atoms with Crippen LogP contribution in [-0.4, -0.2) is 18.4 Å². The molecule has 0 saturated heterocycles. The Kier molecular flexibility index (Phi) is 3.92. The minimum atomic E-state index is 0.178. The molecule has 0 radical (unpaired) electrons. The monoisotopic (exact) mass is 308 g/mol. The maximum absolute atomic E-state index is 6.35. The first-order valence-electron chi connectivity index (χ1n) is 6.94. The predicted octanol–water partition coefficient (Wildman–Crippen LogP) is 3.91. The van der Waals surface area contributed by atoms with Crippen molar-refractivity contribution in [2.75, 3.05) is 12.8 Å². The Balaban J connectivity index is 2.09. The van der Waals surface area contributed by atoms with Gasteiger partial charge in [-0.1, -0.05) is 16.8 Å². The molecule has 1 aliphatic rings. The summed E-state index contributed by atoms with van der Waals surface area (Å²) in [5, 5.41) is 4.24. The molecule has 21 heavy (non-hydrogen) atoms. The second-order valence-electron chi connectivity index (χ2n) is 5.08. The van der Waals surface area contributed by atoms with Crippen LogP contribution in [0, 0.1) is 0 Å². The highest BCUT2D eigenvalue weighted by Crippen LogP contribution is 2.46. The first kappa shape index (κ1) is 14.1. The molecular weight excluding hydrogens is 292 g/mol. The number of rotatable bonds is 4. The van der Waals surface area contributed by atoms with Gasteiger partial charge in [-0.05, 0) is 37.8 Å². The van der Waals surface area contributed by atoms with E-state index in [1.54, 1.807) is 19.2 Å². The van der Waals surface area contributed by atoms with Crippen LogP contribution >= 0.6 is 11.6 Å². The van der Waals surface area contributed by atoms with Gasteiger partial charge in [-0.25, -0.2) is 0 Å². The zero-order chi connectivity index (χ0) is 14.8. The Morgan fingerprint density at radius 2 is 2.10 bits per heavy atom. The first-order valence-corrected chi connectivity index (χ1v) is 7.32. The topological polar surface area (TPSA) is 70.5 Å². The van der Waals surface area contributed by atoms with Gasteiger partial charge in [0.2, 0.25) is 5.88 Å². The summed E-state index contributed by atoms with van der Waals surface area (Å²) in [4.78, 5) is 0. The summed E-state index contributed by atoms with van der Waals surface area (Å²) in [7, 11) is 1.60. The van der Waals surface area contributed by atoms with Gasteiger partial charge in [-0.3, -0.25) is 0 Å². The number of nitrogens with zero attached hydrogens (tertiary/aromatic N) is 1. The van der Waals surface area contributed by atoms with E-state index in [-0.39, 0.29) is 12.0 Å². The summed E-state index contributed by atoms with van der Waals surface area (Å²) in [5.41, 5.74) is 7.11. The van der Waals surface area contributed by atoms with E-state index in [0.29, 0.717) is 27.6 Å². The first-order chi connectivity index (χ1) is 10.2. The van der Waals surface area contributed by atoms with E-state index in [2.05, 4.69) is 5.16 Å². The lowest BCUT2D eigenvalue weighted by molar-refractivity contribution is 0.202. The Labute approximate surface area is 128 Å². The quantitative estimate of drug-likeness (QED) is 0.927.